The fourth-order valence-electron chi connectivity index (χ4n) is 2.85. The van der Waals surface area contributed by atoms with Crippen LogP contribution in [0.15, 0.2) is 24.3 Å². The van der Waals surface area contributed by atoms with E-state index in [9.17, 15) is 0 Å². The van der Waals surface area contributed by atoms with Crippen LogP contribution in [-0.4, -0.2) is 77.6 Å². The molecule has 1 saturated heterocycles. The van der Waals surface area contributed by atoms with Crippen LogP contribution in [0.3, 0.4) is 0 Å². The molecule has 0 spiro atoms. The van der Waals surface area contributed by atoms with E-state index in [0.717, 1.165) is 58.9 Å². The summed E-state index contributed by atoms with van der Waals surface area (Å²) in [6, 6.07) is 8.95. The maximum absolute atomic E-state index is 5.61. The summed E-state index contributed by atoms with van der Waals surface area (Å²) in [5.74, 6) is 0. The number of nitrogens with one attached hydrogen (secondary N) is 1. The van der Waals surface area contributed by atoms with E-state index >= 15 is 0 Å². The van der Waals surface area contributed by atoms with E-state index < -0.39 is 0 Å². The summed E-state index contributed by atoms with van der Waals surface area (Å²) < 4.78 is 11.0. The van der Waals surface area contributed by atoms with Crippen LogP contribution in [0.1, 0.15) is 12.0 Å². The van der Waals surface area contributed by atoms with Crippen molar-refractivity contribution in [3.63, 3.8) is 0 Å². The monoisotopic (exact) mass is 350 g/mol. The van der Waals surface area contributed by atoms with Crippen molar-refractivity contribution in [3.8, 4) is 0 Å². The molecular formula is C19H34N4O2. The topological polar surface area (TPSA) is 63.0 Å². The first-order chi connectivity index (χ1) is 12.3. The first-order valence-corrected chi connectivity index (χ1v) is 9.38. The Kier molecular flexibility index (Phi) is 9.84. The van der Waals surface area contributed by atoms with E-state index in [-0.39, 0.29) is 0 Å². The number of nitrogens with zero attached hydrogens (tertiary/aromatic N) is 2. The quantitative estimate of drug-likeness (QED) is 0.547. The second-order valence-electron chi connectivity index (χ2n) is 6.51. The minimum absolute atomic E-state index is 0.650. The second kappa shape index (κ2) is 12.2. The van der Waals surface area contributed by atoms with Crippen LogP contribution in [-0.2, 0) is 16.0 Å². The van der Waals surface area contributed by atoms with Gasteiger partial charge in [0.1, 0.15) is 0 Å². The van der Waals surface area contributed by atoms with Crippen molar-refractivity contribution in [2.45, 2.75) is 13.0 Å². The van der Waals surface area contributed by atoms with Gasteiger partial charge >= 0.3 is 0 Å². The van der Waals surface area contributed by atoms with Crippen LogP contribution >= 0.6 is 0 Å². The number of likely N-dealkylation sites (N-methyl/N-ethyl adjacent to an activating group) is 1. The average Bonchev–Trinajstić information content (AvgIpc) is 2.65. The van der Waals surface area contributed by atoms with Crippen molar-refractivity contribution < 1.29 is 9.47 Å². The normalized spacial score (nSPS) is 15.1. The smallest absolute Gasteiger partial charge is 0.0701 e. The van der Waals surface area contributed by atoms with Crippen LogP contribution in [0.5, 0.6) is 0 Å². The van der Waals surface area contributed by atoms with Gasteiger partial charge in [0.15, 0.2) is 0 Å². The van der Waals surface area contributed by atoms with Crippen molar-refractivity contribution in [2.24, 2.45) is 5.73 Å². The van der Waals surface area contributed by atoms with Gasteiger partial charge in [-0.2, -0.15) is 0 Å². The fraction of sp³-hybridized carbons (Fsp3) is 0.684. The summed E-state index contributed by atoms with van der Waals surface area (Å²) in [5, 5.41) is 3.39. The van der Waals surface area contributed by atoms with Crippen molar-refractivity contribution in [3.05, 3.63) is 29.8 Å². The van der Waals surface area contributed by atoms with Gasteiger partial charge in [0.25, 0.3) is 0 Å². The first kappa shape index (κ1) is 20.1. The standard InChI is InChI=1S/C19H34N4O2/c1-22(12-14-25-16-15-24-13-2-7-20)17-18-3-5-19(6-4-18)23-10-8-21-9-11-23/h3-6,21H,2,7-17,20H2,1H3. The SMILES string of the molecule is CN(CCOCCOCCCN)Cc1ccc(N2CCNCC2)cc1. The molecule has 6 heteroatoms. The zero-order chi connectivity index (χ0) is 17.7. The van der Waals surface area contributed by atoms with E-state index in [1.54, 1.807) is 0 Å². The molecule has 142 valence electrons. The van der Waals surface area contributed by atoms with Crippen LogP contribution in [0, 0.1) is 0 Å². The van der Waals surface area contributed by atoms with Gasteiger partial charge in [-0.1, -0.05) is 12.1 Å². The summed E-state index contributed by atoms with van der Waals surface area (Å²) >= 11 is 0. The summed E-state index contributed by atoms with van der Waals surface area (Å²) in [6.07, 6.45) is 0.913. The van der Waals surface area contributed by atoms with Gasteiger partial charge < -0.3 is 25.4 Å². The number of rotatable bonds is 12. The van der Waals surface area contributed by atoms with Gasteiger partial charge in [0.2, 0.25) is 0 Å². The molecule has 0 unspecified atom stereocenters. The molecule has 0 saturated carbocycles. The average molecular weight is 351 g/mol. The summed E-state index contributed by atoms with van der Waals surface area (Å²) in [5.41, 5.74) is 8.08. The van der Waals surface area contributed by atoms with Crippen molar-refractivity contribution in [1.82, 2.24) is 10.2 Å². The highest BCUT2D eigenvalue weighted by Gasteiger charge is 2.10. The fourth-order valence-corrected chi connectivity index (χ4v) is 2.85. The van der Waals surface area contributed by atoms with Crippen LogP contribution < -0.4 is 16.0 Å². The first-order valence-electron chi connectivity index (χ1n) is 9.38. The van der Waals surface area contributed by atoms with Gasteiger partial charge in [-0.25, -0.2) is 0 Å². The lowest BCUT2D eigenvalue weighted by Crippen LogP contribution is -2.43. The highest BCUT2D eigenvalue weighted by molar-refractivity contribution is 5.48. The van der Waals surface area contributed by atoms with Gasteiger partial charge in [-0.05, 0) is 37.7 Å². The minimum Gasteiger partial charge on any atom is -0.379 e. The molecule has 1 fully saturated rings. The van der Waals surface area contributed by atoms with Crippen LogP contribution in [0.4, 0.5) is 5.69 Å². The molecule has 0 atom stereocenters. The number of ether oxygens (including phenoxy) is 2. The Morgan fingerprint density at radius 1 is 1.04 bits per heavy atom. The maximum Gasteiger partial charge on any atom is 0.0701 e. The highest BCUT2D eigenvalue weighted by Crippen LogP contribution is 2.16. The Hall–Kier alpha value is -1.18. The van der Waals surface area contributed by atoms with Crippen molar-refractivity contribution in [1.29, 1.82) is 0 Å². The molecule has 1 aromatic carbocycles. The molecule has 1 aliphatic heterocycles. The molecule has 1 aliphatic rings. The molecule has 0 bridgehead atoms. The number of hydrogen-bond acceptors (Lipinski definition) is 6. The largest absolute Gasteiger partial charge is 0.379 e. The van der Waals surface area contributed by atoms with E-state index in [1.807, 2.05) is 0 Å². The Labute approximate surface area is 152 Å². The van der Waals surface area contributed by atoms with Gasteiger partial charge in [0.05, 0.1) is 19.8 Å². The van der Waals surface area contributed by atoms with Gasteiger partial charge in [-0.15, -0.1) is 0 Å². The van der Waals surface area contributed by atoms with Gasteiger partial charge in [0, 0.05) is 51.6 Å². The maximum atomic E-state index is 5.61. The number of anilines is 1. The molecule has 6 nitrogen and oxygen atoms in total. The van der Waals surface area contributed by atoms with Crippen molar-refractivity contribution >= 4 is 5.69 Å². The number of hydrogen-bond donors (Lipinski definition) is 2. The van der Waals surface area contributed by atoms with E-state index in [4.69, 9.17) is 15.2 Å². The molecule has 0 amide bonds. The molecule has 0 radical (unpaired) electrons. The predicted molar refractivity (Wildman–Crippen MR) is 103 cm³/mol. The highest BCUT2D eigenvalue weighted by atomic mass is 16.5. The van der Waals surface area contributed by atoms with Gasteiger partial charge in [-0.3, -0.25) is 4.90 Å². The summed E-state index contributed by atoms with van der Waals surface area (Å²) in [4.78, 5) is 4.72. The van der Waals surface area contributed by atoms with Crippen LogP contribution in [0.25, 0.3) is 0 Å². The molecule has 1 heterocycles. The number of nitrogens with two attached hydrogens (primary N) is 1. The lowest BCUT2D eigenvalue weighted by Gasteiger charge is -2.29. The Morgan fingerprint density at radius 2 is 1.72 bits per heavy atom. The lowest BCUT2D eigenvalue weighted by molar-refractivity contribution is 0.0401. The zero-order valence-electron chi connectivity index (χ0n) is 15.6. The molecule has 1 aromatic rings. The molecular weight excluding hydrogens is 316 g/mol. The molecule has 2 rings (SSSR count). The Morgan fingerprint density at radius 3 is 2.40 bits per heavy atom. The third-order valence-corrected chi connectivity index (χ3v) is 4.35. The third-order valence-electron chi connectivity index (χ3n) is 4.35. The predicted octanol–water partition coefficient (Wildman–Crippen LogP) is 0.910. The minimum atomic E-state index is 0.650. The summed E-state index contributed by atoms with van der Waals surface area (Å²) in [6.45, 7) is 9.63. The molecule has 0 aromatic heterocycles. The number of piperazine rings is 1. The van der Waals surface area contributed by atoms with E-state index in [2.05, 4.69) is 46.4 Å². The Balaban J connectivity index is 1.58. The molecule has 3 N–H and O–H groups in total. The van der Waals surface area contributed by atoms with E-state index in [0.29, 0.717) is 19.8 Å². The lowest BCUT2D eigenvalue weighted by atomic mass is 10.1. The number of benzene rings is 1. The summed E-state index contributed by atoms with van der Waals surface area (Å²) in [7, 11) is 2.13. The van der Waals surface area contributed by atoms with Crippen LogP contribution in [0.2, 0.25) is 0 Å². The Bertz CT molecular complexity index is 449. The van der Waals surface area contributed by atoms with Crippen molar-refractivity contribution in [2.75, 3.05) is 77.6 Å². The molecule has 0 aliphatic carbocycles. The van der Waals surface area contributed by atoms with E-state index in [1.165, 1.54) is 11.3 Å². The second-order valence-corrected chi connectivity index (χ2v) is 6.51. The molecule has 25 heavy (non-hydrogen) atoms. The third kappa shape index (κ3) is 8.16. The zero-order valence-corrected chi connectivity index (χ0v) is 15.6.